The molecule has 1 aromatic rings. The number of hydrogen-bond acceptors (Lipinski definition) is 6. The minimum absolute atomic E-state index is 0.0288. The molecular formula is C11H16N2O5S. The van der Waals surface area contributed by atoms with Crippen LogP contribution in [0.25, 0.3) is 0 Å². The SMILES string of the molecule is CC(C)(N)COc1cccc(S(C)(=O)=O)c1[N+](=O)[O-]. The number of benzene rings is 1. The van der Waals surface area contributed by atoms with Crippen LogP contribution in [0.3, 0.4) is 0 Å². The summed E-state index contributed by atoms with van der Waals surface area (Å²) in [6, 6.07) is 3.91. The van der Waals surface area contributed by atoms with Crippen molar-refractivity contribution in [1.82, 2.24) is 0 Å². The molecular weight excluding hydrogens is 272 g/mol. The fourth-order valence-electron chi connectivity index (χ4n) is 1.36. The van der Waals surface area contributed by atoms with Gasteiger partial charge < -0.3 is 10.5 Å². The van der Waals surface area contributed by atoms with Crippen LogP contribution < -0.4 is 10.5 Å². The van der Waals surface area contributed by atoms with E-state index in [1.807, 2.05) is 0 Å². The average Bonchev–Trinajstić information content (AvgIpc) is 2.23. The molecule has 0 saturated heterocycles. The van der Waals surface area contributed by atoms with E-state index in [4.69, 9.17) is 10.5 Å². The smallest absolute Gasteiger partial charge is 0.329 e. The van der Waals surface area contributed by atoms with Crippen LogP contribution >= 0.6 is 0 Å². The molecule has 0 radical (unpaired) electrons. The maximum Gasteiger partial charge on any atom is 0.329 e. The zero-order valence-corrected chi connectivity index (χ0v) is 11.7. The van der Waals surface area contributed by atoms with E-state index >= 15 is 0 Å². The van der Waals surface area contributed by atoms with E-state index in [1.54, 1.807) is 13.8 Å². The molecule has 0 fully saturated rings. The highest BCUT2D eigenvalue weighted by Crippen LogP contribution is 2.34. The first kappa shape index (κ1) is 15.4. The largest absolute Gasteiger partial charge is 0.485 e. The molecule has 0 heterocycles. The minimum atomic E-state index is -3.71. The molecule has 2 N–H and O–H groups in total. The molecule has 7 nitrogen and oxygen atoms in total. The zero-order chi connectivity index (χ0) is 14.8. The van der Waals surface area contributed by atoms with Crippen molar-refractivity contribution in [1.29, 1.82) is 0 Å². The number of nitro groups is 1. The van der Waals surface area contributed by atoms with Crippen LogP contribution in [0.1, 0.15) is 13.8 Å². The second-order valence-electron chi connectivity index (χ2n) is 4.91. The van der Waals surface area contributed by atoms with Crippen molar-refractivity contribution in [3.63, 3.8) is 0 Å². The van der Waals surface area contributed by atoms with Gasteiger partial charge in [0.1, 0.15) is 11.5 Å². The van der Waals surface area contributed by atoms with Crippen molar-refractivity contribution in [3.8, 4) is 5.75 Å². The van der Waals surface area contributed by atoms with Gasteiger partial charge in [-0.05, 0) is 26.0 Å². The number of nitrogens with zero attached hydrogens (tertiary/aromatic N) is 1. The van der Waals surface area contributed by atoms with Crippen LogP contribution in [0, 0.1) is 10.1 Å². The van der Waals surface area contributed by atoms with Gasteiger partial charge in [-0.2, -0.15) is 0 Å². The number of nitrogens with two attached hydrogens (primary N) is 1. The van der Waals surface area contributed by atoms with Crippen molar-refractivity contribution < 1.29 is 18.1 Å². The monoisotopic (exact) mass is 288 g/mol. The highest BCUT2D eigenvalue weighted by molar-refractivity contribution is 7.90. The normalized spacial score (nSPS) is 12.2. The maximum atomic E-state index is 11.5. The van der Waals surface area contributed by atoms with E-state index in [0.717, 1.165) is 6.26 Å². The van der Waals surface area contributed by atoms with Crippen molar-refractivity contribution in [2.24, 2.45) is 5.73 Å². The molecule has 0 aliphatic rings. The molecule has 0 atom stereocenters. The number of hydrogen-bond donors (Lipinski definition) is 1. The van der Waals surface area contributed by atoms with Crippen LogP contribution in [0.15, 0.2) is 23.1 Å². The summed E-state index contributed by atoms with van der Waals surface area (Å²) < 4.78 is 28.3. The molecule has 0 spiro atoms. The Morgan fingerprint density at radius 1 is 1.42 bits per heavy atom. The van der Waals surface area contributed by atoms with Crippen molar-refractivity contribution >= 4 is 15.5 Å². The van der Waals surface area contributed by atoms with Crippen LogP contribution in [0.2, 0.25) is 0 Å². The Morgan fingerprint density at radius 3 is 2.42 bits per heavy atom. The number of sulfone groups is 1. The third-order valence-electron chi connectivity index (χ3n) is 2.14. The standard InChI is InChI=1S/C11H16N2O5S/c1-11(2,12)7-18-8-5-4-6-9(19(3,16)17)10(8)13(14)15/h4-6H,7,12H2,1-3H3. The molecule has 0 aromatic heterocycles. The fourth-order valence-corrected chi connectivity index (χ4v) is 2.21. The summed E-state index contributed by atoms with van der Waals surface area (Å²) in [6.07, 6.45) is 0.909. The van der Waals surface area contributed by atoms with Crippen LogP contribution in [0.4, 0.5) is 5.69 Å². The lowest BCUT2D eigenvalue weighted by atomic mass is 10.1. The molecule has 0 aliphatic carbocycles. The van der Waals surface area contributed by atoms with Crippen LogP contribution in [-0.4, -0.2) is 31.7 Å². The summed E-state index contributed by atoms with van der Waals surface area (Å²) in [6.45, 7) is 3.42. The number of nitro benzene ring substituents is 1. The van der Waals surface area contributed by atoms with Gasteiger partial charge in [0.05, 0.1) is 4.92 Å². The summed E-state index contributed by atoms with van der Waals surface area (Å²) in [5.41, 5.74) is 4.47. The van der Waals surface area contributed by atoms with E-state index < -0.39 is 26.0 Å². The maximum absolute atomic E-state index is 11.5. The Kier molecular flexibility index (Phi) is 4.16. The molecule has 106 valence electrons. The Morgan fingerprint density at radius 2 is 2.00 bits per heavy atom. The van der Waals surface area contributed by atoms with E-state index in [-0.39, 0.29) is 17.3 Å². The molecule has 0 bridgehead atoms. The molecule has 1 rings (SSSR count). The second kappa shape index (κ2) is 5.14. The first-order valence-corrected chi connectivity index (χ1v) is 7.30. The predicted molar refractivity (Wildman–Crippen MR) is 70.0 cm³/mol. The van der Waals surface area contributed by atoms with Gasteiger partial charge in [0, 0.05) is 11.8 Å². The van der Waals surface area contributed by atoms with Gasteiger partial charge in [-0.15, -0.1) is 0 Å². The lowest BCUT2D eigenvalue weighted by molar-refractivity contribution is -0.388. The third-order valence-corrected chi connectivity index (χ3v) is 3.27. The van der Waals surface area contributed by atoms with Gasteiger partial charge in [0.25, 0.3) is 0 Å². The Hall–Kier alpha value is -1.67. The Balaban J connectivity index is 3.30. The van der Waals surface area contributed by atoms with Crippen molar-refractivity contribution in [3.05, 3.63) is 28.3 Å². The van der Waals surface area contributed by atoms with E-state index in [1.165, 1.54) is 18.2 Å². The topological polar surface area (TPSA) is 113 Å². The molecule has 0 saturated carbocycles. The van der Waals surface area contributed by atoms with E-state index in [9.17, 15) is 18.5 Å². The lowest BCUT2D eigenvalue weighted by Gasteiger charge is -2.19. The number of ether oxygens (including phenoxy) is 1. The summed E-state index contributed by atoms with van der Waals surface area (Å²) in [5.74, 6) is -0.105. The van der Waals surface area contributed by atoms with Crippen molar-refractivity contribution in [2.45, 2.75) is 24.3 Å². The summed E-state index contributed by atoms with van der Waals surface area (Å²) in [7, 11) is -3.71. The lowest BCUT2D eigenvalue weighted by Crippen LogP contribution is -2.38. The highest BCUT2D eigenvalue weighted by Gasteiger charge is 2.27. The number of rotatable bonds is 5. The van der Waals surface area contributed by atoms with E-state index in [2.05, 4.69) is 0 Å². The fraction of sp³-hybridized carbons (Fsp3) is 0.455. The predicted octanol–water partition coefficient (Wildman–Crippen LogP) is 1.11. The second-order valence-corrected chi connectivity index (χ2v) is 6.89. The van der Waals surface area contributed by atoms with Gasteiger partial charge in [-0.1, -0.05) is 6.07 Å². The van der Waals surface area contributed by atoms with Crippen molar-refractivity contribution in [2.75, 3.05) is 12.9 Å². The van der Waals surface area contributed by atoms with Crippen LogP contribution in [-0.2, 0) is 9.84 Å². The molecule has 1 aromatic carbocycles. The van der Waals surface area contributed by atoms with Gasteiger partial charge in [-0.3, -0.25) is 10.1 Å². The molecule has 0 unspecified atom stereocenters. The summed E-state index contributed by atoms with van der Waals surface area (Å²) >= 11 is 0. The van der Waals surface area contributed by atoms with Gasteiger partial charge in [0.2, 0.25) is 0 Å². The molecule has 8 heteroatoms. The average molecular weight is 288 g/mol. The highest BCUT2D eigenvalue weighted by atomic mass is 32.2. The Bertz CT molecular complexity index is 590. The first-order chi connectivity index (χ1) is 8.52. The third kappa shape index (κ3) is 4.18. The van der Waals surface area contributed by atoms with E-state index in [0.29, 0.717) is 0 Å². The zero-order valence-electron chi connectivity index (χ0n) is 10.9. The van der Waals surface area contributed by atoms with Gasteiger partial charge in [0.15, 0.2) is 15.6 Å². The quantitative estimate of drug-likeness (QED) is 0.641. The molecule has 0 aliphatic heterocycles. The summed E-state index contributed by atoms with van der Waals surface area (Å²) in [5, 5.41) is 11.0. The van der Waals surface area contributed by atoms with Crippen LogP contribution in [0.5, 0.6) is 5.75 Å². The minimum Gasteiger partial charge on any atom is -0.485 e. The first-order valence-electron chi connectivity index (χ1n) is 5.41. The van der Waals surface area contributed by atoms with Gasteiger partial charge in [-0.25, -0.2) is 8.42 Å². The summed E-state index contributed by atoms with van der Waals surface area (Å²) in [4.78, 5) is 9.90. The van der Waals surface area contributed by atoms with Gasteiger partial charge >= 0.3 is 5.69 Å². The Labute approximate surface area is 111 Å². The number of para-hydroxylation sites is 1. The molecule has 19 heavy (non-hydrogen) atoms. The molecule has 0 amide bonds.